The number of allylic oxidation sites excluding steroid dienone is 4. The van der Waals surface area contributed by atoms with Gasteiger partial charge in [-0.1, -0.05) is 37.2 Å². The van der Waals surface area contributed by atoms with Crippen LogP contribution in [-0.2, 0) is 21.7 Å². The second kappa shape index (κ2) is 7.34. The fourth-order valence-corrected chi connectivity index (χ4v) is 3.63. The normalized spacial score (nSPS) is 24.1. The quantitative estimate of drug-likeness (QED) is 0.471. The second-order valence-electron chi connectivity index (χ2n) is 4.51. The predicted molar refractivity (Wildman–Crippen MR) is 59.4 cm³/mol. The summed E-state index contributed by atoms with van der Waals surface area (Å²) in [4.78, 5) is 0. The molecular weight excluding hydrogens is 279 g/mol. The molecule has 0 aromatic heterocycles. The van der Waals surface area contributed by atoms with Gasteiger partial charge < -0.3 is 24.8 Å². The summed E-state index contributed by atoms with van der Waals surface area (Å²) in [7, 11) is -0.607. The third-order valence-corrected chi connectivity index (χ3v) is 6.68. The average molecular weight is 299 g/mol. The molecule has 0 aromatic rings. The molecule has 86 valence electrons. The van der Waals surface area contributed by atoms with E-state index in [-0.39, 0.29) is 46.5 Å². The zero-order valence-electron chi connectivity index (χ0n) is 10.4. The Morgan fingerprint density at radius 3 is 1.60 bits per heavy atom. The summed E-state index contributed by atoms with van der Waals surface area (Å²) in [5.41, 5.74) is 4.64. The molecule has 0 saturated carbocycles. The van der Waals surface area contributed by atoms with Gasteiger partial charge in [0.1, 0.15) is 0 Å². The van der Waals surface area contributed by atoms with E-state index < -0.39 is 8.80 Å². The summed E-state index contributed by atoms with van der Waals surface area (Å²) in [6.45, 7) is 14.1. The van der Waals surface area contributed by atoms with Crippen molar-refractivity contribution in [2.24, 2.45) is 0 Å². The van der Waals surface area contributed by atoms with Crippen LogP contribution in [0.2, 0.25) is 18.1 Å². The second-order valence-corrected chi connectivity index (χ2v) is 8.02. The van der Waals surface area contributed by atoms with Crippen molar-refractivity contribution in [2.45, 2.75) is 45.8 Å². The molecule has 0 fully saturated rings. The molecule has 0 spiro atoms. The molecule has 1 unspecified atom stereocenters. The third kappa shape index (κ3) is 3.75. The molecule has 0 aliphatic heterocycles. The van der Waals surface area contributed by atoms with E-state index in [4.69, 9.17) is 0 Å². The average Bonchev–Trinajstić information content (AvgIpc) is 2.17. The largest absolute Gasteiger partial charge is 2.00 e. The summed E-state index contributed by atoms with van der Waals surface area (Å²) in [5.74, 6) is 0. The van der Waals surface area contributed by atoms with E-state index in [1.807, 2.05) is 0 Å². The van der Waals surface area contributed by atoms with E-state index in [0.29, 0.717) is 5.04 Å². The van der Waals surface area contributed by atoms with Gasteiger partial charge in [-0.25, -0.2) is 0 Å². The van der Waals surface area contributed by atoms with E-state index in [2.05, 4.69) is 46.9 Å². The van der Waals surface area contributed by atoms with Crippen molar-refractivity contribution < 1.29 is 46.5 Å². The minimum atomic E-state index is -0.607. The Bertz CT molecular complexity index is 272. The first-order valence-electron chi connectivity index (χ1n) is 4.77. The smallest absolute Gasteiger partial charge is 1.00 e. The van der Waals surface area contributed by atoms with Gasteiger partial charge in [-0.15, -0.1) is 0 Å². The van der Waals surface area contributed by atoms with E-state index in [0.717, 1.165) is 0 Å². The number of hydrogen-bond acceptors (Lipinski definition) is 0. The van der Waals surface area contributed by atoms with Crippen molar-refractivity contribution in [3.05, 3.63) is 22.8 Å². The van der Waals surface area contributed by atoms with Gasteiger partial charge in [0.05, 0.1) is 0 Å². The maximum absolute atomic E-state index is 2.48. The van der Waals surface area contributed by atoms with Gasteiger partial charge in [-0.3, -0.25) is 0 Å². The van der Waals surface area contributed by atoms with Crippen LogP contribution >= 0.6 is 0 Å². The molecule has 0 saturated heterocycles. The van der Waals surface area contributed by atoms with Crippen LogP contribution in [0, 0.1) is 0 Å². The van der Waals surface area contributed by atoms with Gasteiger partial charge in [0.15, 0.2) is 0 Å². The minimum absolute atomic E-state index is 0. The van der Waals surface area contributed by atoms with Gasteiger partial charge in [0.25, 0.3) is 0 Å². The maximum Gasteiger partial charge on any atom is 2.00 e. The Labute approximate surface area is 123 Å². The first-order valence-corrected chi connectivity index (χ1v) is 7.66. The molecule has 0 N–H and O–H groups in total. The molecule has 0 aromatic carbocycles. The number of halogens is 2. The summed E-state index contributed by atoms with van der Waals surface area (Å²) in [6, 6.07) is 0. The van der Waals surface area contributed by atoms with E-state index >= 15 is 0 Å². The summed E-state index contributed by atoms with van der Waals surface area (Å²) < 4.78 is 0. The van der Waals surface area contributed by atoms with E-state index in [9.17, 15) is 0 Å². The first-order chi connectivity index (χ1) is 5.39. The molecule has 0 bridgehead atoms. The molecule has 1 aliphatic rings. The van der Waals surface area contributed by atoms with Gasteiger partial charge in [-0.2, -0.15) is 0 Å². The summed E-state index contributed by atoms with van der Waals surface area (Å²) in [6.07, 6.45) is 2.48. The van der Waals surface area contributed by atoms with Crippen LogP contribution in [0.1, 0.15) is 27.7 Å². The third-order valence-electron chi connectivity index (χ3n) is 3.68. The molecule has 4 heteroatoms. The molecular formula is C11H20Cl2SiTi. The Hall–Kier alpha value is 0.991. The van der Waals surface area contributed by atoms with Crippen LogP contribution in [0.25, 0.3) is 0 Å². The van der Waals surface area contributed by atoms with E-state index in [1.54, 1.807) is 5.57 Å². The molecule has 0 amide bonds. The summed E-state index contributed by atoms with van der Waals surface area (Å²) in [5, 5.41) is 0.453. The van der Waals surface area contributed by atoms with Gasteiger partial charge in [0, 0.05) is 8.80 Å². The predicted octanol–water partition coefficient (Wildman–Crippen LogP) is -2.46. The SMILES string of the molecule is CC1=CC(C)([SiH](C)C)C(C)=C1C.[Cl-].[Cl-].[Ti+2]. The molecule has 0 radical (unpaired) electrons. The monoisotopic (exact) mass is 298 g/mol. The fraction of sp³-hybridized carbons (Fsp3) is 0.636. The van der Waals surface area contributed by atoms with Gasteiger partial charge in [0.2, 0.25) is 0 Å². The Morgan fingerprint density at radius 2 is 1.47 bits per heavy atom. The van der Waals surface area contributed by atoms with Crippen LogP contribution in [0.4, 0.5) is 0 Å². The summed E-state index contributed by atoms with van der Waals surface area (Å²) >= 11 is 0. The van der Waals surface area contributed by atoms with Crippen LogP contribution in [0.5, 0.6) is 0 Å². The molecule has 1 aliphatic carbocycles. The zero-order chi connectivity index (χ0) is 9.52. The standard InChI is InChI=1S/C11H20Si.2ClH.Ti/c1-8-7-11(4,12(5)6)10(3)9(8)2;;;/h7,12H,1-6H3;2*1H;/q;;;+2/p-2. The van der Waals surface area contributed by atoms with Crippen molar-refractivity contribution in [1.29, 1.82) is 0 Å². The Kier molecular flexibility index (Phi) is 10.4. The maximum atomic E-state index is 2.48. The van der Waals surface area contributed by atoms with Crippen LogP contribution in [0.15, 0.2) is 22.8 Å². The van der Waals surface area contributed by atoms with Crippen LogP contribution in [0.3, 0.4) is 0 Å². The van der Waals surface area contributed by atoms with Crippen molar-refractivity contribution in [1.82, 2.24) is 0 Å². The van der Waals surface area contributed by atoms with Crippen molar-refractivity contribution >= 4 is 8.80 Å². The number of hydrogen-bond donors (Lipinski definition) is 0. The fourth-order valence-electron chi connectivity index (χ4n) is 1.97. The molecule has 15 heavy (non-hydrogen) atoms. The molecule has 1 rings (SSSR count). The topological polar surface area (TPSA) is 0 Å². The Balaban J connectivity index is -0.000000480. The van der Waals surface area contributed by atoms with Gasteiger partial charge >= 0.3 is 21.7 Å². The first kappa shape index (κ1) is 21.3. The molecule has 0 nitrogen and oxygen atoms in total. The van der Waals surface area contributed by atoms with Crippen molar-refractivity contribution in [3.63, 3.8) is 0 Å². The zero-order valence-corrected chi connectivity index (χ0v) is 14.6. The van der Waals surface area contributed by atoms with Crippen molar-refractivity contribution in [3.8, 4) is 0 Å². The molecule has 1 atom stereocenters. The number of rotatable bonds is 1. The molecule has 0 heterocycles. The van der Waals surface area contributed by atoms with Crippen molar-refractivity contribution in [2.75, 3.05) is 0 Å². The minimum Gasteiger partial charge on any atom is -1.00 e. The van der Waals surface area contributed by atoms with Crippen LogP contribution in [-0.4, -0.2) is 8.80 Å². The van der Waals surface area contributed by atoms with E-state index in [1.165, 1.54) is 11.1 Å². The Morgan fingerprint density at radius 1 is 1.07 bits per heavy atom. The van der Waals surface area contributed by atoms with Crippen LogP contribution < -0.4 is 24.8 Å². The van der Waals surface area contributed by atoms with Gasteiger partial charge in [-0.05, 0) is 31.4 Å².